The van der Waals surface area contributed by atoms with E-state index in [1.807, 2.05) is 30.3 Å². The first-order chi connectivity index (χ1) is 15.7. The van der Waals surface area contributed by atoms with Crippen molar-refractivity contribution in [3.05, 3.63) is 69.9 Å². The van der Waals surface area contributed by atoms with Crippen molar-refractivity contribution in [2.75, 3.05) is 20.8 Å². The van der Waals surface area contributed by atoms with Crippen molar-refractivity contribution in [2.24, 2.45) is 5.10 Å². The fraction of sp³-hybridized carbons (Fsp3) is 0.320. The highest BCUT2D eigenvalue weighted by Gasteiger charge is 2.42. The quantitative estimate of drug-likeness (QED) is 0.456. The number of fused-ring (bicyclic) bond motifs is 3. The van der Waals surface area contributed by atoms with E-state index in [1.54, 1.807) is 25.6 Å². The van der Waals surface area contributed by atoms with Gasteiger partial charge < -0.3 is 18.9 Å². The standard InChI is InChI=1S/C25H26N2O4S/c1-4-12-30-20-11-10-16(14-22(20)29-3)25-27-19(15-18(26-27)23-9-6-13-32-23)17-7-5-8-21(28-2)24(17)31-25/h5-11,13-14,19,25H,4,12,15H2,1-3H3. The lowest BCUT2D eigenvalue weighted by atomic mass is 9.97. The van der Waals surface area contributed by atoms with Crippen LogP contribution < -0.4 is 18.9 Å². The maximum Gasteiger partial charge on any atom is 0.214 e. The number of methoxy groups -OCH3 is 2. The minimum atomic E-state index is -0.407. The number of hydrazone groups is 1. The van der Waals surface area contributed by atoms with Crippen LogP contribution in [0, 0.1) is 0 Å². The molecule has 2 atom stereocenters. The van der Waals surface area contributed by atoms with Crippen LogP contribution in [-0.4, -0.2) is 31.5 Å². The molecule has 0 amide bonds. The van der Waals surface area contributed by atoms with E-state index in [4.69, 9.17) is 24.0 Å². The number of hydrogen-bond acceptors (Lipinski definition) is 7. The monoisotopic (exact) mass is 450 g/mol. The Morgan fingerprint density at radius 1 is 1.06 bits per heavy atom. The molecule has 5 rings (SSSR count). The molecule has 3 aromatic rings. The van der Waals surface area contributed by atoms with Gasteiger partial charge in [0.25, 0.3) is 0 Å². The van der Waals surface area contributed by atoms with E-state index in [-0.39, 0.29) is 6.04 Å². The van der Waals surface area contributed by atoms with Gasteiger partial charge in [0, 0.05) is 17.5 Å². The molecule has 0 radical (unpaired) electrons. The maximum atomic E-state index is 6.54. The average molecular weight is 451 g/mol. The molecule has 0 bridgehead atoms. The van der Waals surface area contributed by atoms with Crippen molar-refractivity contribution in [3.8, 4) is 23.0 Å². The van der Waals surface area contributed by atoms with Gasteiger partial charge >= 0.3 is 0 Å². The molecule has 0 spiro atoms. The Kier molecular flexibility index (Phi) is 5.66. The van der Waals surface area contributed by atoms with E-state index < -0.39 is 6.23 Å². The summed E-state index contributed by atoms with van der Waals surface area (Å²) in [5, 5.41) is 9.17. The highest BCUT2D eigenvalue weighted by molar-refractivity contribution is 7.12. The van der Waals surface area contributed by atoms with Crippen molar-refractivity contribution < 1.29 is 18.9 Å². The van der Waals surface area contributed by atoms with Crippen LogP contribution in [0.3, 0.4) is 0 Å². The van der Waals surface area contributed by atoms with Crippen LogP contribution in [0.1, 0.15) is 48.0 Å². The van der Waals surface area contributed by atoms with E-state index in [0.29, 0.717) is 12.4 Å². The number of para-hydroxylation sites is 1. The van der Waals surface area contributed by atoms with Gasteiger partial charge in [0.05, 0.1) is 37.5 Å². The Hall–Kier alpha value is -3.19. The molecule has 6 nitrogen and oxygen atoms in total. The lowest BCUT2D eigenvalue weighted by molar-refractivity contribution is -0.0210. The molecule has 2 aliphatic heterocycles. The highest BCUT2D eigenvalue weighted by Crippen LogP contribution is 2.51. The summed E-state index contributed by atoms with van der Waals surface area (Å²) in [4.78, 5) is 1.18. The molecule has 0 saturated carbocycles. The third kappa shape index (κ3) is 3.56. The molecule has 1 aromatic heterocycles. The summed E-state index contributed by atoms with van der Waals surface area (Å²) < 4.78 is 23.6. The van der Waals surface area contributed by atoms with Crippen LogP contribution in [0.2, 0.25) is 0 Å². The number of nitrogens with zero attached hydrogens (tertiary/aromatic N) is 2. The molecule has 0 aliphatic carbocycles. The van der Waals surface area contributed by atoms with E-state index in [1.165, 1.54) is 4.88 Å². The van der Waals surface area contributed by atoms with E-state index in [0.717, 1.165) is 46.9 Å². The highest BCUT2D eigenvalue weighted by atomic mass is 32.1. The van der Waals surface area contributed by atoms with Gasteiger partial charge in [-0.2, -0.15) is 5.10 Å². The minimum Gasteiger partial charge on any atom is -0.493 e. The Morgan fingerprint density at radius 2 is 1.94 bits per heavy atom. The molecule has 32 heavy (non-hydrogen) atoms. The van der Waals surface area contributed by atoms with E-state index in [2.05, 4.69) is 35.5 Å². The summed E-state index contributed by atoms with van der Waals surface area (Å²) >= 11 is 1.71. The molecule has 0 N–H and O–H groups in total. The van der Waals surface area contributed by atoms with Gasteiger partial charge in [-0.25, -0.2) is 5.01 Å². The summed E-state index contributed by atoms with van der Waals surface area (Å²) in [5.41, 5.74) is 3.11. The van der Waals surface area contributed by atoms with Gasteiger partial charge in [0.2, 0.25) is 6.23 Å². The van der Waals surface area contributed by atoms with Crippen molar-refractivity contribution in [2.45, 2.75) is 32.0 Å². The molecular weight excluding hydrogens is 424 g/mol. The van der Waals surface area contributed by atoms with Gasteiger partial charge in [0.1, 0.15) is 0 Å². The second kappa shape index (κ2) is 8.74. The van der Waals surface area contributed by atoms with Gasteiger partial charge in [-0.3, -0.25) is 0 Å². The predicted molar refractivity (Wildman–Crippen MR) is 125 cm³/mol. The maximum absolute atomic E-state index is 6.54. The van der Waals surface area contributed by atoms with Crippen molar-refractivity contribution >= 4 is 17.0 Å². The molecule has 3 heterocycles. The third-order valence-corrected chi connectivity index (χ3v) is 6.66. The first-order valence-corrected chi connectivity index (χ1v) is 11.7. The molecule has 2 unspecified atom stereocenters. The zero-order chi connectivity index (χ0) is 22.1. The summed E-state index contributed by atoms with van der Waals surface area (Å²) in [7, 11) is 3.33. The Balaban J connectivity index is 1.58. The Bertz CT molecular complexity index is 1130. The number of rotatable bonds is 7. The third-order valence-electron chi connectivity index (χ3n) is 5.74. The summed E-state index contributed by atoms with van der Waals surface area (Å²) in [6.45, 7) is 2.72. The smallest absolute Gasteiger partial charge is 0.214 e. The number of ether oxygens (including phenoxy) is 4. The van der Waals surface area contributed by atoms with Crippen molar-refractivity contribution in [1.29, 1.82) is 0 Å². The average Bonchev–Trinajstić information content (AvgIpc) is 3.52. The number of thiophene rings is 1. The summed E-state index contributed by atoms with van der Waals surface area (Å²) in [6.07, 6.45) is 1.34. The zero-order valence-corrected chi connectivity index (χ0v) is 19.2. The van der Waals surface area contributed by atoms with Gasteiger partial charge in [-0.05, 0) is 42.1 Å². The fourth-order valence-corrected chi connectivity index (χ4v) is 4.95. The van der Waals surface area contributed by atoms with E-state index in [9.17, 15) is 0 Å². The molecule has 0 saturated heterocycles. The van der Waals surface area contributed by atoms with Crippen molar-refractivity contribution in [3.63, 3.8) is 0 Å². The van der Waals surface area contributed by atoms with Crippen LogP contribution in [0.5, 0.6) is 23.0 Å². The van der Waals surface area contributed by atoms with Crippen LogP contribution in [0.25, 0.3) is 0 Å². The Labute approximate surface area is 192 Å². The molecule has 2 aliphatic rings. The SMILES string of the molecule is CCCOc1ccc(C2Oc3c(OC)cccc3C3CC(c4cccs4)=NN32)cc1OC. The van der Waals surface area contributed by atoms with E-state index >= 15 is 0 Å². The molecular formula is C25H26N2O4S. The number of benzene rings is 2. The first kappa shape index (κ1) is 20.7. The minimum absolute atomic E-state index is 0.0676. The predicted octanol–water partition coefficient (Wildman–Crippen LogP) is 5.80. The van der Waals surface area contributed by atoms with Crippen LogP contribution in [0.4, 0.5) is 0 Å². The van der Waals surface area contributed by atoms with Crippen LogP contribution in [-0.2, 0) is 0 Å². The molecule has 2 aromatic carbocycles. The Morgan fingerprint density at radius 3 is 2.69 bits per heavy atom. The van der Waals surface area contributed by atoms with Gasteiger partial charge in [-0.15, -0.1) is 11.3 Å². The normalized spacial score (nSPS) is 19.0. The lowest BCUT2D eigenvalue weighted by Gasteiger charge is -2.38. The first-order valence-electron chi connectivity index (χ1n) is 10.8. The molecule has 166 valence electrons. The fourth-order valence-electron chi connectivity index (χ4n) is 4.23. The van der Waals surface area contributed by atoms with Crippen molar-refractivity contribution in [1.82, 2.24) is 5.01 Å². The van der Waals surface area contributed by atoms with Gasteiger partial charge in [-0.1, -0.05) is 25.1 Å². The topological polar surface area (TPSA) is 52.5 Å². The van der Waals surface area contributed by atoms with Gasteiger partial charge in [0.15, 0.2) is 23.0 Å². The molecule has 7 heteroatoms. The molecule has 0 fully saturated rings. The number of hydrogen-bond donors (Lipinski definition) is 0. The second-order valence-corrected chi connectivity index (χ2v) is 8.68. The summed E-state index contributed by atoms with van der Waals surface area (Å²) in [5.74, 6) is 2.91. The largest absolute Gasteiger partial charge is 0.493 e. The van der Waals surface area contributed by atoms with Crippen LogP contribution in [0.15, 0.2) is 59.0 Å². The lowest BCUT2D eigenvalue weighted by Crippen LogP contribution is -2.33. The second-order valence-electron chi connectivity index (χ2n) is 7.73. The van der Waals surface area contributed by atoms with Crippen LogP contribution >= 0.6 is 11.3 Å². The summed E-state index contributed by atoms with van der Waals surface area (Å²) in [6, 6.07) is 16.2. The zero-order valence-electron chi connectivity index (χ0n) is 18.4.